The molecule has 0 aromatic heterocycles. The molecule has 2 N–H and O–H groups in total. The second-order valence-electron chi connectivity index (χ2n) is 5.27. The summed E-state index contributed by atoms with van der Waals surface area (Å²) in [5, 5.41) is 14.1. The molecule has 3 nitrogen and oxygen atoms in total. The zero-order valence-corrected chi connectivity index (χ0v) is 12.2. The molecule has 1 aromatic rings. The maximum Gasteiger partial charge on any atom is 0.138 e. The van der Waals surface area contributed by atoms with Crippen LogP contribution in [0.4, 0.5) is 0 Å². The number of rotatable bonds is 6. The highest BCUT2D eigenvalue weighted by atomic mass is 35.5. The molecular formula is C15H22ClNO2. The number of halogens is 1. The first-order valence-corrected chi connectivity index (χ1v) is 7.35. The maximum atomic E-state index is 10.2. The molecule has 0 amide bonds. The SMILES string of the molecule is CCNCc1ccc(OCC2(O)CCCC2)c(Cl)c1. The Hall–Kier alpha value is -0.770. The molecule has 4 heteroatoms. The summed E-state index contributed by atoms with van der Waals surface area (Å²) in [5.41, 5.74) is 0.477. The lowest BCUT2D eigenvalue weighted by atomic mass is 10.0. The molecule has 0 saturated heterocycles. The van der Waals surface area contributed by atoms with Gasteiger partial charge in [0.2, 0.25) is 0 Å². The van der Waals surface area contributed by atoms with Crippen molar-refractivity contribution in [3.63, 3.8) is 0 Å². The second-order valence-corrected chi connectivity index (χ2v) is 5.67. The molecule has 0 unspecified atom stereocenters. The fourth-order valence-corrected chi connectivity index (χ4v) is 2.69. The van der Waals surface area contributed by atoms with Gasteiger partial charge >= 0.3 is 0 Å². The third kappa shape index (κ3) is 4.10. The Bertz CT molecular complexity index is 417. The van der Waals surface area contributed by atoms with Gasteiger partial charge in [-0.15, -0.1) is 0 Å². The molecule has 0 spiro atoms. The topological polar surface area (TPSA) is 41.5 Å². The van der Waals surface area contributed by atoms with E-state index < -0.39 is 5.60 Å². The Morgan fingerprint density at radius 3 is 2.74 bits per heavy atom. The molecule has 1 aromatic carbocycles. The summed E-state index contributed by atoms with van der Waals surface area (Å²) in [4.78, 5) is 0. The first-order valence-electron chi connectivity index (χ1n) is 6.97. The molecule has 1 aliphatic carbocycles. The van der Waals surface area contributed by atoms with E-state index >= 15 is 0 Å². The lowest BCUT2D eigenvalue weighted by Gasteiger charge is -2.22. The Labute approximate surface area is 119 Å². The fourth-order valence-electron chi connectivity index (χ4n) is 2.43. The third-order valence-electron chi connectivity index (χ3n) is 3.61. The summed E-state index contributed by atoms with van der Waals surface area (Å²) < 4.78 is 5.68. The molecule has 19 heavy (non-hydrogen) atoms. The van der Waals surface area contributed by atoms with Crippen molar-refractivity contribution in [1.29, 1.82) is 0 Å². The quantitative estimate of drug-likeness (QED) is 0.843. The van der Waals surface area contributed by atoms with Crippen LogP contribution in [0.5, 0.6) is 5.75 Å². The number of aliphatic hydroxyl groups is 1. The Morgan fingerprint density at radius 1 is 1.37 bits per heavy atom. The van der Waals surface area contributed by atoms with Gasteiger partial charge in [0.15, 0.2) is 0 Å². The number of ether oxygens (including phenoxy) is 1. The lowest BCUT2D eigenvalue weighted by molar-refractivity contribution is 0.00144. The molecule has 0 bridgehead atoms. The average molecular weight is 284 g/mol. The van der Waals surface area contributed by atoms with Crippen LogP contribution in [0.1, 0.15) is 38.2 Å². The molecule has 0 heterocycles. The van der Waals surface area contributed by atoms with Crippen molar-refractivity contribution in [1.82, 2.24) is 5.32 Å². The first-order chi connectivity index (χ1) is 9.13. The zero-order valence-electron chi connectivity index (χ0n) is 11.4. The summed E-state index contributed by atoms with van der Waals surface area (Å²) in [6.45, 7) is 4.14. The van der Waals surface area contributed by atoms with Gasteiger partial charge in [-0.2, -0.15) is 0 Å². The van der Waals surface area contributed by atoms with Crippen LogP contribution >= 0.6 is 11.6 Å². The van der Waals surface area contributed by atoms with Crippen molar-refractivity contribution < 1.29 is 9.84 Å². The van der Waals surface area contributed by atoms with Crippen molar-refractivity contribution >= 4 is 11.6 Å². The summed E-state index contributed by atoms with van der Waals surface area (Å²) in [6.07, 6.45) is 3.80. The van der Waals surface area contributed by atoms with Crippen LogP contribution < -0.4 is 10.1 Å². The van der Waals surface area contributed by atoms with Crippen molar-refractivity contribution in [3.05, 3.63) is 28.8 Å². The van der Waals surface area contributed by atoms with E-state index in [1.54, 1.807) is 0 Å². The largest absolute Gasteiger partial charge is 0.489 e. The summed E-state index contributed by atoms with van der Waals surface area (Å²) in [5.74, 6) is 0.655. The minimum absolute atomic E-state index is 0.333. The summed E-state index contributed by atoms with van der Waals surface area (Å²) in [6, 6.07) is 5.80. The van der Waals surface area contributed by atoms with Gasteiger partial charge in [0.25, 0.3) is 0 Å². The lowest BCUT2D eigenvalue weighted by Crippen LogP contribution is -2.32. The molecule has 0 aliphatic heterocycles. The molecule has 106 valence electrons. The molecular weight excluding hydrogens is 262 g/mol. The van der Waals surface area contributed by atoms with E-state index in [0.29, 0.717) is 17.4 Å². The van der Waals surface area contributed by atoms with Crippen LogP contribution in [-0.2, 0) is 6.54 Å². The van der Waals surface area contributed by atoms with Crippen LogP contribution in [0.3, 0.4) is 0 Å². The molecule has 0 radical (unpaired) electrons. The molecule has 0 atom stereocenters. The maximum absolute atomic E-state index is 10.2. The highest BCUT2D eigenvalue weighted by Crippen LogP contribution is 2.32. The van der Waals surface area contributed by atoms with Gasteiger partial charge in [0.1, 0.15) is 12.4 Å². The third-order valence-corrected chi connectivity index (χ3v) is 3.90. The second kappa shape index (κ2) is 6.60. The van der Waals surface area contributed by atoms with E-state index in [2.05, 4.69) is 12.2 Å². The van der Waals surface area contributed by atoms with E-state index in [9.17, 15) is 5.11 Å². The van der Waals surface area contributed by atoms with Gasteiger partial charge < -0.3 is 15.2 Å². The van der Waals surface area contributed by atoms with Crippen LogP contribution in [-0.4, -0.2) is 23.9 Å². The van der Waals surface area contributed by atoms with Crippen LogP contribution in [0.2, 0.25) is 5.02 Å². The number of hydrogen-bond donors (Lipinski definition) is 2. The Kier molecular flexibility index (Phi) is 5.08. The number of benzene rings is 1. The Morgan fingerprint density at radius 2 is 2.11 bits per heavy atom. The van der Waals surface area contributed by atoms with Crippen molar-refractivity contribution in [3.8, 4) is 5.75 Å². The standard InChI is InChI=1S/C15H22ClNO2/c1-2-17-10-12-5-6-14(13(16)9-12)19-11-15(18)7-3-4-8-15/h5-6,9,17-18H,2-4,7-8,10-11H2,1H3. The molecule has 1 saturated carbocycles. The van der Waals surface area contributed by atoms with Crippen molar-refractivity contribution in [2.24, 2.45) is 0 Å². The van der Waals surface area contributed by atoms with Gasteiger partial charge in [-0.3, -0.25) is 0 Å². The minimum atomic E-state index is -0.661. The monoisotopic (exact) mass is 283 g/mol. The smallest absolute Gasteiger partial charge is 0.138 e. The number of hydrogen-bond acceptors (Lipinski definition) is 3. The van der Waals surface area contributed by atoms with Crippen molar-refractivity contribution in [2.75, 3.05) is 13.2 Å². The molecule has 1 aliphatic rings. The van der Waals surface area contributed by atoms with E-state index in [-0.39, 0.29) is 0 Å². The van der Waals surface area contributed by atoms with E-state index in [1.165, 1.54) is 0 Å². The number of nitrogens with one attached hydrogen (secondary N) is 1. The van der Waals surface area contributed by atoms with Gasteiger partial charge in [-0.25, -0.2) is 0 Å². The van der Waals surface area contributed by atoms with E-state index in [1.807, 2.05) is 18.2 Å². The summed E-state index contributed by atoms with van der Waals surface area (Å²) >= 11 is 6.20. The Balaban J connectivity index is 1.93. The predicted octanol–water partition coefficient (Wildman–Crippen LogP) is 3.13. The fraction of sp³-hybridized carbons (Fsp3) is 0.600. The minimum Gasteiger partial charge on any atom is -0.489 e. The van der Waals surface area contributed by atoms with Gasteiger partial charge in [0, 0.05) is 6.54 Å². The zero-order chi connectivity index (χ0) is 13.7. The highest BCUT2D eigenvalue weighted by Gasteiger charge is 2.32. The summed E-state index contributed by atoms with van der Waals surface area (Å²) in [7, 11) is 0. The van der Waals surface area contributed by atoms with E-state index in [0.717, 1.165) is 44.3 Å². The van der Waals surface area contributed by atoms with Crippen LogP contribution in [0.25, 0.3) is 0 Å². The van der Waals surface area contributed by atoms with Crippen LogP contribution in [0, 0.1) is 0 Å². The normalized spacial score (nSPS) is 17.6. The van der Waals surface area contributed by atoms with Gasteiger partial charge in [-0.05, 0) is 37.1 Å². The molecule has 2 rings (SSSR count). The van der Waals surface area contributed by atoms with Crippen molar-refractivity contribution in [2.45, 2.75) is 44.8 Å². The first kappa shape index (κ1) is 14.6. The average Bonchev–Trinajstić information content (AvgIpc) is 2.82. The molecule has 1 fully saturated rings. The van der Waals surface area contributed by atoms with Gasteiger partial charge in [-0.1, -0.05) is 37.4 Å². The van der Waals surface area contributed by atoms with Crippen LogP contribution in [0.15, 0.2) is 18.2 Å². The highest BCUT2D eigenvalue weighted by molar-refractivity contribution is 6.32. The van der Waals surface area contributed by atoms with Gasteiger partial charge in [0.05, 0.1) is 10.6 Å². The predicted molar refractivity (Wildman–Crippen MR) is 77.7 cm³/mol. The van der Waals surface area contributed by atoms with E-state index in [4.69, 9.17) is 16.3 Å².